The zero-order valence-electron chi connectivity index (χ0n) is 13.0. The fourth-order valence-electron chi connectivity index (χ4n) is 2.61. The molecule has 21 heavy (non-hydrogen) atoms. The molecule has 0 aromatic heterocycles. The third kappa shape index (κ3) is 5.76. The van der Waals surface area contributed by atoms with Crippen molar-refractivity contribution in [3.63, 3.8) is 0 Å². The highest BCUT2D eigenvalue weighted by Gasteiger charge is 2.17. The van der Waals surface area contributed by atoms with Crippen molar-refractivity contribution >= 4 is 5.91 Å². The molecule has 0 bridgehead atoms. The van der Waals surface area contributed by atoms with Crippen LogP contribution in [0, 0.1) is 0 Å². The van der Waals surface area contributed by atoms with Crippen molar-refractivity contribution in [2.75, 3.05) is 39.3 Å². The molecule has 1 aromatic rings. The molecule has 0 N–H and O–H groups in total. The summed E-state index contributed by atoms with van der Waals surface area (Å²) in [6.07, 6.45) is 3.50. The number of carbonyl (C=O) groups excluding carboxylic acids is 1. The highest BCUT2D eigenvalue weighted by Crippen LogP contribution is 2.10. The van der Waals surface area contributed by atoms with E-state index < -0.39 is 0 Å². The molecule has 1 aliphatic rings. The van der Waals surface area contributed by atoms with Crippen molar-refractivity contribution in [1.29, 1.82) is 0 Å². The zero-order valence-corrected chi connectivity index (χ0v) is 13.0. The van der Waals surface area contributed by atoms with Gasteiger partial charge in [0.2, 0.25) is 5.91 Å². The average molecular weight is 290 g/mol. The smallest absolute Gasteiger partial charge is 0.219 e. The van der Waals surface area contributed by atoms with Gasteiger partial charge in [0.1, 0.15) is 5.75 Å². The maximum Gasteiger partial charge on any atom is 0.219 e. The molecule has 0 radical (unpaired) electrons. The van der Waals surface area contributed by atoms with Gasteiger partial charge in [0.25, 0.3) is 0 Å². The van der Waals surface area contributed by atoms with Gasteiger partial charge in [-0.15, -0.1) is 0 Å². The molecule has 1 heterocycles. The first-order valence-electron chi connectivity index (χ1n) is 7.91. The summed E-state index contributed by atoms with van der Waals surface area (Å²) in [7, 11) is 0. The van der Waals surface area contributed by atoms with Gasteiger partial charge in [-0.3, -0.25) is 9.69 Å². The van der Waals surface area contributed by atoms with E-state index in [1.807, 2.05) is 35.2 Å². The molecule has 0 saturated carbocycles. The minimum absolute atomic E-state index is 0.202. The second-order valence-corrected chi connectivity index (χ2v) is 5.57. The number of hydrogen-bond donors (Lipinski definition) is 0. The Labute approximate surface area is 127 Å². The zero-order chi connectivity index (χ0) is 14.9. The van der Waals surface area contributed by atoms with Gasteiger partial charge in [-0.2, -0.15) is 0 Å². The standard InChI is InChI=1S/C17H26N2O2/c1-16(20)19-13-11-18(12-14-19)10-6-3-7-15-21-17-8-4-2-5-9-17/h2,4-5,8-9H,3,6-7,10-15H2,1H3. The summed E-state index contributed by atoms with van der Waals surface area (Å²) in [5, 5.41) is 0. The molecule has 116 valence electrons. The van der Waals surface area contributed by atoms with Crippen LogP contribution in [0.3, 0.4) is 0 Å². The molecule has 1 aliphatic heterocycles. The Hall–Kier alpha value is -1.55. The number of ether oxygens (including phenoxy) is 1. The molecule has 1 saturated heterocycles. The van der Waals surface area contributed by atoms with Gasteiger partial charge < -0.3 is 9.64 Å². The maximum absolute atomic E-state index is 11.2. The van der Waals surface area contributed by atoms with Gasteiger partial charge in [-0.1, -0.05) is 18.2 Å². The van der Waals surface area contributed by atoms with Gasteiger partial charge in [0.15, 0.2) is 0 Å². The number of unbranched alkanes of at least 4 members (excludes halogenated alkanes) is 2. The van der Waals surface area contributed by atoms with Crippen LogP contribution in [-0.4, -0.2) is 55.0 Å². The van der Waals surface area contributed by atoms with Crippen LogP contribution in [0.2, 0.25) is 0 Å². The molecule has 0 unspecified atom stereocenters. The number of rotatable bonds is 7. The Balaban J connectivity index is 1.48. The summed E-state index contributed by atoms with van der Waals surface area (Å²) < 4.78 is 5.68. The highest BCUT2D eigenvalue weighted by atomic mass is 16.5. The molecule has 1 aromatic carbocycles. The monoisotopic (exact) mass is 290 g/mol. The fraction of sp³-hybridized carbons (Fsp3) is 0.588. The minimum Gasteiger partial charge on any atom is -0.494 e. The minimum atomic E-state index is 0.202. The molecule has 4 heteroatoms. The number of nitrogens with zero attached hydrogens (tertiary/aromatic N) is 2. The van der Waals surface area contributed by atoms with Crippen molar-refractivity contribution < 1.29 is 9.53 Å². The lowest BCUT2D eigenvalue weighted by atomic mass is 10.2. The van der Waals surface area contributed by atoms with E-state index in [4.69, 9.17) is 4.74 Å². The van der Waals surface area contributed by atoms with Crippen LogP contribution in [-0.2, 0) is 4.79 Å². The second-order valence-electron chi connectivity index (χ2n) is 5.57. The van der Waals surface area contributed by atoms with Crippen LogP contribution in [0.4, 0.5) is 0 Å². The van der Waals surface area contributed by atoms with Gasteiger partial charge in [-0.05, 0) is 37.9 Å². The normalized spacial score (nSPS) is 16.0. The Morgan fingerprint density at radius 1 is 1.05 bits per heavy atom. The van der Waals surface area contributed by atoms with Crippen LogP contribution in [0.1, 0.15) is 26.2 Å². The van der Waals surface area contributed by atoms with E-state index in [0.29, 0.717) is 0 Å². The molecular weight excluding hydrogens is 264 g/mol. The lowest BCUT2D eigenvalue weighted by molar-refractivity contribution is -0.130. The number of para-hydroxylation sites is 1. The first-order valence-corrected chi connectivity index (χ1v) is 7.91. The van der Waals surface area contributed by atoms with Gasteiger partial charge in [0, 0.05) is 33.1 Å². The van der Waals surface area contributed by atoms with Gasteiger partial charge in [0.05, 0.1) is 6.61 Å². The van der Waals surface area contributed by atoms with E-state index in [0.717, 1.165) is 51.5 Å². The summed E-state index contributed by atoms with van der Waals surface area (Å²) >= 11 is 0. The molecule has 4 nitrogen and oxygen atoms in total. The second kappa shape index (κ2) is 8.67. The number of benzene rings is 1. The molecule has 0 atom stereocenters. The van der Waals surface area contributed by atoms with E-state index in [-0.39, 0.29) is 5.91 Å². The predicted octanol–water partition coefficient (Wildman–Crippen LogP) is 2.40. The van der Waals surface area contributed by atoms with Crippen molar-refractivity contribution in [2.24, 2.45) is 0 Å². The fourth-order valence-corrected chi connectivity index (χ4v) is 2.61. The molecule has 0 aliphatic carbocycles. The number of piperazine rings is 1. The summed E-state index contributed by atoms with van der Waals surface area (Å²) in [5.74, 6) is 1.16. The summed E-state index contributed by atoms with van der Waals surface area (Å²) in [6.45, 7) is 7.38. The van der Waals surface area contributed by atoms with Crippen molar-refractivity contribution in [3.05, 3.63) is 30.3 Å². The van der Waals surface area contributed by atoms with Crippen LogP contribution in [0.15, 0.2) is 30.3 Å². The van der Waals surface area contributed by atoms with E-state index in [2.05, 4.69) is 4.90 Å². The molecule has 0 spiro atoms. The Morgan fingerprint density at radius 2 is 1.76 bits per heavy atom. The van der Waals surface area contributed by atoms with E-state index in [1.54, 1.807) is 6.92 Å². The highest BCUT2D eigenvalue weighted by molar-refractivity contribution is 5.73. The number of carbonyl (C=O) groups is 1. The topological polar surface area (TPSA) is 32.8 Å². The van der Waals surface area contributed by atoms with Crippen LogP contribution in [0.25, 0.3) is 0 Å². The van der Waals surface area contributed by atoms with Crippen LogP contribution < -0.4 is 4.74 Å². The quantitative estimate of drug-likeness (QED) is 0.723. The number of hydrogen-bond acceptors (Lipinski definition) is 3. The molecule has 1 fully saturated rings. The molecule has 2 rings (SSSR count). The van der Waals surface area contributed by atoms with E-state index in [1.165, 1.54) is 12.8 Å². The summed E-state index contributed by atoms with van der Waals surface area (Å²) in [5.41, 5.74) is 0. The van der Waals surface area contributed by atoms with Crippen molar-refractivity contribution in [2.45, 2.75) is 26.2 Å². The Kier molecular flexibility index (Phi) is 6.54. The SMILES string of the molecule is CC(=O)N1CCN(CCCCCOc2ccccc2)CC1. The number of amides is 1. The van der Waals surface area contributed by atoms with E-state index >= 15 is 0 Å². The third-order valence-corrected chi connectivity index (χ3v) is 3.95. The van der Waals surface area contributed by atoms with Crippen LogP contribution in [0.5, 0.6) is 5.75 Å². The Bertz CT molecular complexity index is 414. The lowest BCUT2D eigenvalue weighted by Gasteiger charge is -2.34. The van der Waals surface area contributed by atoms with E-state index in [9.17, 15) is 4.79 Å². The molecule has 1 amide bonds. The Morgan fingerprint density at radius 3 is 2.43 bits per heavy atom. The summed E-state index contributed by atoms with van der Waals surface area (Å²) in [4.78, 5) is 15.6. The first-order chi connectivity index (χ1) is 10.3. The maximum atomic E-state index is 11.2. The van der Waals surface area contributed by atoms with Gasteiger partial charge in [-0.25, -0.2) is 0 Å². The van der Waals surface area contributed by atoms with Crippen molar-refractivity contribution in [3.8, 4) is 5.75 Å². The predicted molar refractivity (Wildman–Crippen MR) is 84.5 cm³/mol. The van der Waals surface area contributed by atoms with Crippen molar-refractivity contribution in [1.82, 2.24) is 9.80 Å². The third-order valence-electron chi connectivity index (χ3n) is 3.95. The van der Waals surface area contributed by atoms with Gasteiger partial charge >= 0.3 is 0 Å². The first kappa shape index (κ1) is 15.8. The van der Waals surface area contributed by atoms with Crippen LogP contribution >= 0.6 is 0 Å². The summed E-state index contributed by atoms with van der Waals surface area (Å²) in [6, 6.07) is 9.98. The molecular formula is C17H26N2O2. The lowest BCUT2D eigenvalue weighted by Crippen LogP contribution is -2.48. The average Bonchev–Trinajstić information content (AvgIpc) is 2.52. The largest absolute Gasteiger partial charge is 0.494 e.